The van der Waals surface area contributed by atoms with Crippen LogP contribution in [-0.4, -0.2) is 21.9 Å². The van der Waals surface area contributed by atoms with Crippen molar-refractivity contribution >= 4 is 23.3 Å². The Labute approximate surface area is 143 Å². The maximum atomic E-state index is 12.0. The highest BCUT2D eigenvalue weighted by Crippen LogP contribution is 2.14. The van der Waals surface area contributed by atoms with Crippen LogP contribution in [0.3, 0.4) is 0 Å². The van der Waals surface area contributed by atoms with Crippen molar-refractivity contribution in [3.63, 3.8) is 0 Å². The SMILES string of the molecule is O=C(NCc1ccco1)Nc1ccc(NC(=O)c2cnccn2)cc1. The van der Waals surface area contributed by atoms with Crippen LogP contribution in [0.2, 0.25) is 0 Å². The van der Waals surface area contributed by atoms with Crippen molar-refractivity contribution in [3.8, 4) is 0 Å². The summed E-state index contributed by atoms with van der Waals surface area (Å²) in [6.45, 7) is 0.297. The molecule has 0 spiro atoms. The molecule has 0 bridgehead atoms. The molecular formula is C17H15N5O3. The van der Waals surface area contributed by atoms with Gasteiger partial charge in [0.2, 0.25) is 0 Å². The van der Waals surface area contributed by atoms with Crippen molar-refractivity contribution in [1.82, 2.24) is 15.3 Å². The maximum Gasteiger partial charge on any atom is 0.319 e. The molecule has 0 aliphatic heterocycles. The second-order valence-corrected chi connectivity index (χ2v) is 5.01. The van der Waals surface area contributed by atoms with Crippen LogP contribution in [0.4, 0.5) is 16.2 Å². The average molecular weight is 337 g/mol. The third kappa shape index (κ3) is 4.64. The fourth-order valence-electron chi connectivity index (χ4n) is 2.00. The molecule has 25 heavy (non-hydrogen) atoms. The van der Waals surface area contributed by atoms with Crippen LogP contribution in [-0.2, 0) is 6.54 Å². The summed E-state index contributed by atoms with van der Waals surface area (Å²) < 4.78 is 5.13. The first-order chi connectivity index (χ1) is 12.2. The first kappa shape index (κ1) is 16.2. The summed E-state index contributed by atoms with van der Waals surface area (Å²) >= 11 is 0. The second kappa shape index (κ2) is 7.73. The van der Waals surface area contributed by atoms with Crippen molar-refractivity contribution in [2.75, 3.05) is 10.6 Å². The number of anilines is 2. The molecule has 1 aromatic carbocycles. The Morgan fingerprint density at radius 3 is 2.40 bits per heavy atom. The second-order valence-electron chi connectivity index (χ2n) is 5.01. The van der Waals surface area contributed by atoms with Gasteiger partial charge in [-0.15, -0.1) is 0 Å². The molecule has 0 aliphatic carbocycles. The van der Waals surface area contributed by atoms with E-state index in [4.69, 9.17) is 4.42 Å². The Kier molecular flexibility index (Phi) is 5.01. The van der Waals surface area contributed by atoms with Crippen LogP contribution in [0.25, 0.3) is 0 Å². The van der Waals surface area contributed by atoms with Gasteiger partial charge >= 0.3 is 6.03 Å². The molecule has 2 heterocycles. The summed E-state index contributed by atoms with van der Waals surface area (Å²) in [4.78, 5) is 31.6. The molecule has 0 atom stereocenters. The monoisotopic (exact) mass is 337 g/mol. The number of urea groups is 1. The third-order valence-electron chi connectivity index (χ3n) is 3.20. The summed E-state index contributed by atoms with van der Waals surface area (Å²) in [5.74, 6) is 0.308. The zero-order valence-corrected chi connectivity index (χ0v) is 13.1. The van der Waals surface area contributed by atoms with Crippen molar-refractivity contribution in [2.45, 2.75) is 6.54 Å². The highest BCUT2D eigenvalue weighted by atomic mass is 16.3. The van der Waals surface area contributed by atoms with Crippen LogP contribution >= 0.6 is 0 Å². The molecule has 0 fully saturated rings. The Morgan fingerprint density at radius 1 is 1.00 bits per heavy atom. The van der Waals surface area contributed by atoms with E-state index in [0.29, 0.717) is 23.7 Å². The smallest absolute Gasteiger partial charge is 0.319 e. The molecule has 2 aromatic heterocycles. The van der Waals surface area contributed by atoms with E-state index in [1.165, 1.54) is 18.6 Å². The van der Waals surface area contributed by atoms with Gasteiger partial charge in [0, 0.05) is 23.8 Å². The molecule has 3 aromatic rings. The highest BCUT2D eigenvalue weighted by Gasteiger charge is 2.08. The summed E-state index contributed by atoms with van der Waals surface area (Å²) in [5.41, 5.74) is 1.40. The Balaban J connectivity index is 1.51. The van der Waals surface area contributed by atoms with E-state index in [1.54, 1.807) is 42.7 Å². The molecule has 3 N–H and O–H groups in total. The molecule has 8 nitrogen and oxygen atoms in total. The lowest BCUT2D eigenvalue weighted by Crippen LogP contribution is -2.27. The predicted octanol–water partition coefficient (Wildman–Crippen LogP) is 2.64. The quantitative estimate of drug-likeness (QED) is 0.663. The van der Waals surface area contributed by atoms with Crippen molar-refractivity contribution in [1.29, 1.82) is 0 Å². The fourth-order valence-corrected chi connectivity index (χ4v) is 2.00. The molecule has 8 heteroatoms. The first-order valence-corrected chi connectivity index (χ1v) is 7.45. The van der Waals surface area contributed by atoms with Crippen LogP contribution < -0.4 is 16.0 Å². The molecule has 0 aliphatic rings. The van der Waals surface area contributed by atoms with E-state index in [1.807, 2.05) is 0 Å². The number of aromatic nitrogens is 2. The number of amides is 3. The summed E-state index contributed by atoms with van der Waals surface area (Å²) in [7, 11) is 0. The Bertz CT molecular complexity index is 832. The molecule has 0 unspecified atom stereocenters. The number of carbonyl (C=O) groups excluding carboxylic acids is 2. The predicted molar refractivity (Wildman–Crippen MR) is 91.0 cm³/mol. The van der Waals surface area contributed by atoms with Gasteiger partial charge in [0.25, 0.3) is 5.91 Å². The molecule has 0 radical (unpaired) electrons. The molecule has 126 valence electrons. The average Bonchev–Trinajstić information content (AvgIpc) is 3.16. The molecule has 0 saturated carbocycles. The van der Waals surface area contributed by atoms with Crippen LogP contribution in [0.5, 0.6) is 0 Å². The van der Waals surface area contributed by atoms with Gasteiger partial charge in [-0.3, -0.25) is 9.78 Å². The molecule has 3 amide bonds. The minimum atomic E-state index is -0.356. The minimum absolute atomic E-state index is 0.224. The summed E-state index contributed by atoms with van der Waals surface area (Å²) in [5, 5.41) is 8.06. The normalized spacial score (nSPS) is 10.1. The highest BCUT2D eigenvalue weighted by molar-refractivity contribution is 6.02. The number of hydrogen-bond donors (Lipinski definition) is 3. The van der Waals surface area contributed by atoms with Gasteiger partial charge in [-0.25, -0.2) is 9.78 Å². The number of nitrogens with one attached hydrogen (secondary N) is 3. The molecule has 0 saturated heterocycles. The van der Waals surface area contributed by atoms with Crippen molar-refractivity contribution in [3.05, 3.63) is 72.7 Å². The van der Waals surface area contributed by atoms with Gasteiger partial charge in [0.05, 0.1) is 19.0 Å². The lowest BCUT2D eigenvalue weighted by molar-refractivity contribution is 0.102. The van der Waals surface area contributed by atoms with E-state index >= 15 is 0 Å². The lowest BCUT2D eigenvalue weighted by Gasteiger charge is -2.08. The van der Waals surface area contributed by atoms with E-state index < -0.39 is 0 Å². The van der Waals surface area contributed by atoms with Gasteiger partial charge in [-0.2, -0.15) is 0 Å². The van der Waals surface area contributed by atoms with Crippen LogP contribution in [0, 0.1) is 0 Å². The van der Waals surface area contributed by atoms with Crippen LogP contribution in [0.15, 0.2) is 65.7 Å². The standard InChI is InChI=1S/C17H15N5O3/c23-16(15-11-18-7-8-19-15)21-12-3-5-13(6-4-12)22-17(24)20-10-14-2-1-9-25-14/h1-9,11H,10H2,(H,21,23)(H2,20,22,24). The summed E-state index contributed by atoms with van der Waals surface area (Å²) in [6.07, 6.45) is 5.87. The third-order valence-corrected chi connectivity index (χ3v) is 3.20. The fraction of sp³-hybridized carbons (Fsp3) is 0.0588. The Hall–Kier alpha value is -3.68. The van der Waals surface area contributed by atoms with E-state index in [-0.39, 0.29) is 17.6 Å². The van der Waals surface area contributed by atoms with Crippen LogP contribution in [0.1, 0.15) is 16.2 Å². The van der Waals surface area contributed by atoms with Crippen molar-refractivity contribution < 1.29 is 14.0 Å². The van der Waals surface area contributed by atoms with Gasteiger partial charge in [-0.05, 0) is 36.4 Å². The first-order valence-electron chi connectivity index (χ1n) is 7.45. The molecular weight excluding hydrogens is 322 g/mol. The van der Waals surface area contributed by atoms with Gasteiger partial charge in [0.1, 0.15) is 11.5 Å². The van der Waals surface area contributed by atoms with Crippen molar-refractivity contribution in [2.24, 2.45) is 0 Å². The topological polar surface area (TPSA) is 109 Å². The maximum absolute atomic E-state index is 12.0. The number of benzene rings is 1. The number of hydrogen-bond acceptors (Lipinski definition) is 5. The number of rotatable bonds is 5. The largest absolute Gasteiger partial charge is 0.467 e. The van der Waals surface area contributed by atoms with Gasteiger partial charge in [0.15, 0.2) is 0 Å². The van der Waals surface area contributed by atoms with E-state index in [9.17, 15) is 9.59 Å². The zero-order valence-electron chi connectivity index (χ0n) is 13.1. The van der Waals surface area contributed by atoms with Gasteiger partial charge < -0.3 is 20.4 Å². The minimum Gasteiger partial charge on any atom is -0.467 e. The van der Waals surface area contributed by atoms with E-state index in [0.717, 1.165) is 0 Å². The lowest BCUT2D eigenvalue weighted by atomic mass is 10.2. The number of nitrogens with zero attached hydrogens (tertiary/aromatic N) is 2. The molecule has 3 rings (SSSR count). The Morgan fingerprint density at radius 2 is 1.76 bits per heavy atom. The number of furan rings is 1. The zero-order chi connectivity index (χ0) is 17.5. The number of carbonyl (C=O) groups is 2. The van der Waals surface area contributed by atoms with E-state index in [2.05, 4.69) is 25.9 Å². The summed E-state index contributed by atoms with van der Waals surface area (Å²) in [6, 6.07) is 9.88. The van der Waals surface area contributed by atoms with Gasteiger partial charge in [-0.1, -0.05) is 0 Å².